The van der Waals surface area contributed by atoms with Gasteiger partial charge in [-0.2, -0.15) is 0 Å². The zero-order valence-electron chi connectivity index (χ0n) is 15.3. The Hall–Kier alpha value is -2.40. The van der Waals surface area contributed by atoms with E-state index in [1.54, 1.807) is 17.0 Å². The van der Waals surface area contributed by atoms with Crippen molar-refractivity contribution in [1.29, 1.82) is 0 Å². The standard InChI is InChI=1S/C22H25FN2O2/c23-19-10-4-6-16(12-19)13-24-21(26)25-14-17-7-5-11-22(27,20(17)15-25)18-8-2-1-3-9-18/h1-4,6,8-10,12,17,20,27H,5,7,11,13-15H2,(H,24,26)/t17-,20+,22+/m1/s1. The lowest BCUT2D eigenvalue weighted by molar-refractivity contribution is -0.0643. The molecule has 3 atom stereocenters. The molecule has 2 aromatic rings. The quantitative estimate of drug-likeness (QED) is 0.869. The first kappa shape index (κ1) is 18.0. The number of rotatable bonds is 3. The number of halogens is 1. The fraction of sp³-hybridized carbons (Fsp3) is 0.409. The smallest absolute Gasteiger partial charge is 0.317 e. The lowest BCUT2D eigenvalue weighted by Gasteiger charge is -2.41. The molecule has 4 rings (SSSR count). The summed E-state index contributed by atoms with van der Waals surface area (Å²) in [6.07, 6.45) is 2.73. The second-order valence-corrected chi connectivity index (χ2v) is 7.74. The molecule has 2 fully saturated rings. The Kier molecular flexibility index (Phi) is 4.87. The predicted octanol–water partition coefficient (Wildman–Crippen LogP) is 3.66. The van der Waals surface area contributed by atoms with Gasteiger partial charge in [-0.3, -0.25) is 0 Å². The van der Waals surface area contributed by atoms with E-state index < -0.39 is 5.60 Å². The first-order valence-corrected chi connectivity index (χ1v) is 9.61. The normalized spacial score (nSPS) is 27.3. The minimum Gasteiger partial charge on any atom is -0.385 e. The van der Waals surface area contributed by atoms with Gasteiger partial charge in [0.25, 0.3) is 0 Å². The Morgan fingerprint density at radius 2 is 2.00 bits per heavy atom. The maximum atomic E-state index is 13.3. The molecular weight excluding hydrogens is 343 g/mol. The summed E-state index contributed by atoms with van der Waals surface area (Å²) in [7, 11) is 0. The zero-order valence-corrected chi connectivity index (χ0v) is 15.3. The summed E-state index contributed by atoms with van der Waals surface area (Å²) < 4.78 is 13.3. The average Bonchev–Trinajstić information content (AvgIpc) is 3.13. The molecule has 0 spiro atoms. The van der Waals surface area contributed by atoms with E-state index in [1.165, 1.54) is 12.1 Å². The number of nitrogens with one attached hydrogen (secondary N) is 1. The minimum atomic E-state index is -0.873. The fourth-order valence-electron chi connectivity index (χ4n) is 4.71. The van der Waals surface area contributed by atoms with Crippen molar-refractivity contribution in [2.45, 2.75) is 31.4 Å². The Balaban J connectivity index is 1.44. The predicted molar refractivity (Wildman–Crippen MR) is 101 cm³/mol. The first-order chi connectivity index (χ1) is 13.1. The molecule has 142 valence electrons. The Bertz CT molecular complexity index is 813. The van der Waals surface area contributed by atoms with E-state index in [4.69, 9.17) is 0 Å². The van der Waals surface area contributed by atoms with Crippen LogP contribution in [0.1, 0.15) is 30.4 Å². The van der Waals surface area contributed by atoms with Crippen molar-refractivity contribution in [3.8, 4) is 0 Å². The number of carbonyl (C=O) groups is 1. The van der Waals surface area contributed by atoms with Gasteiger partial charge in [0, 0.05) is 25.6 Å². The molecule has 27 heavy (non-hydrogen) atoms. The van der Waals surface area contributed by atoms with Gasteiger partial charge < -0.3 is 15.3 Å². The van der Waals surface area contributed by atoms with Crippen LogP contribution >= 0.6 is 0 Å². The molecule has 1 aliphatic carbocycles. The summed E-state index contributed by atoms with van der Waals surface area (Å²) in [5.41, 5.74) is 0.810. The van der Waals surface area contributed by atoms with Crippen LogP contribution in [-0.4, -0.2) is 29.1 Å². The number of urea groups is 1. The van der Waals surface area contributed by atoms with Gasteiger partial charge in [0.1, 0.15) is 5.82 Å². The van der Waals surface area contributed by atoms with E-state index in [1.807, 2.05) is 30.3 Å². The van der Waals surface area contributed by atoms with E-state index in [9.17, 15) is 14.3 Å². The number of carbonyl (C=O) groups excluding carboxylic acids is 1. The van der Waals surface area contributed by atoms with Gasteiger partial charge in [-0.1, -0.05) is 42.5 Å². The number of benzene rings is 2. The van der Waals surface area contributed by atoms with Gasteiger partial charge in [0.2, 0.25) is 0 Å². The summed E-state index contributed by atoms with van der Waals surface area (Å²) in [6.45, 7) is 1.51. The molecule has 1 heterocycles. The second-order valence-electron chi connectivity index (χ2n) is 7.74. The molecule has 4 nitrogen and oxygen atoms in total. The Labute approximate surface area is 159 Å². The molecule has 1 saturated heterocycles. The molecule has 2 aliphatic rings. The molecule has 5 heteroatoms. The number of aliphatic hydroxyl groups is 1. The zero-order chi connectivity index (χ0) is 18.9. The van der Waals surface area contributed by atoms with Crippen LogP contribution in [0.3, 0.4) is 0 Å². The maximum absolute atomic E-state index is 13.3. The molecule has 1 saturated carbocycles. The van der Waals surface area contributed by atoms with Crippen molar-refractivity contribution in [1.82, 2.24) is 10.2 Å². The summed E-state index contributed by atoms with van der Waals surface area (Å²) >= 11 is 0. The summed E-state index contributed by atoms with van der Waals surface area (Å²) in [6, 6.07) is 15.9. The molecule has 2 amide bonds. The van der Waals surface area contributed by atoms with Crippen molar-refractivity contribution in [2.75, 3.05) is 13.1 Å². The first-order valence-electron chi connectivity index (χ1n) is 9.61. The van der Waals surface area contributed by atoms with Gasteiger partial charge in [0.05, 0.1) is 5.60 Å². The lowest BCUT2D eigenvalue weighted by Crippen LogP contribution is -2.43. The second kappa shape index (κ2) is 7.31. The van der Waals surface area contributed by atoms with Crippen molar-refractivity contribution in [3.63, 3.8) is 0 Å². The van der Waals surface area contributed by atoms with Crippen molar-refractivity contribution in [3.05, 3.63) is 71.5 Å². The third-order valence-corrected chi connectivity index (χ3v) is 6.08. The third-order valence-electron chi connectivity index (χ3n) is 6.08. The molecular formula is C22H25FN2O2. The largest absolute Gasteiger partial charge is 0.385 e. The van der Waals surface area contributed by atoms with Crippen LogP contribution in [0.2, 0.25) is 0 Å². The number of hydrogen-bond acceptors (Lipinski definition) is 2. The molecule has 0 unspecified atom stereocenters. The molecule has 0 bridgehead atoms. The monoisotopic (exact) mass is 368 g/mol. The Morgan fingerprint density at radius 3 is 2.78 bits per heavy atom. The van der Waals surface area contributed by atoms with E-state index in [2.05, 4.69) is 5.32 Å². The van der Waals surface area contributed by atoms with Crippen molar-refractivity contribution in [2.24, 2.45) is 11.8 Å². The molecule has 0 aromatic heterocycles. The highest BCUT2D eigenvalue weighted by molar-refractivity contribution is 5.74. The topological polar surface area (TPSA) is 52.6 Å². The van der Waals surface area contributed by atoms with Crippen LogP contribution in [0.25, 0.3) is 0 Å². The summed E-state index contributed by atoms with van der Waals surface area (Å²) in [5, 5.41) is 14.3. The van der Waals surface area contributed by atoms with E-state index in [0.717, 1.165) is 30.4 Å². The summed E-state index contributed by atoms with van der Waals surface area (Å²) in [5.74, 6) is 0.0549. The highest BCUT2D eigenvalue weighted by Gasteiger charge is 2.50. The average molecular weight is 368 g/mol. The van der Waals surface area contributed by atoms with E-state index in [-0.39, 0.29) is 17.8 Å². The summed E-state index contributed by atoms with van der Waals surface area (Å²) in [4.78, 5) is 14.4. The van der Waals surface area contributed by atoms with Crippen LogP contribution in [0.15, 0.2) is 54.6 Å². The minimum absolute atomic E-state index is 0.0496. The Morgan fingerprint density at radius 1 is 1.19 bits per heavy atom. The van der Waals surface area contributed by atoms with Crippen LogP contribution in [0.5, 0.6) is 0 Å². The van der Waals surface area contributed by atoms with Gasteiger partial charge in [0.15, 0.2) is 0 Å². The van der Waals surface area contributed by atoms with Crippen LogP contribution in [0, 0.1) is 17.7 Å². The molecule has 0 radical (unpaired) electrons. The number of amides is 2. The number of fused-ring (bicyclic) bond motifs is 1. The lowest BCUT2D eigenvalue weighted by atomic mass is 9.67. The SMILES string of the molecule is O=C(NCc1cccc(F)c1)N1C[C@H]2CCC[C@](O)(c3ccccc3)[C@H]2C1. The van der Waals surface area contributed by atoms with Gasteiger partial charge in [-0.05, 0) is 48.4 Å². The van der Waals surface area contributed by atoms with E-state index in [0.29, 0.717) is 25.6 Å². The van der Waals surface area contributed by atoms with Crippen LogP contribution in [-0.2, 0) is 12.1 Å². The van der Waals surface area contributed by atoms with E-state index >= 15 is 0 Å². The maximum Gasteiger partial charge on any atom is 0.317 e. The highest BCUT2D eigenvalue weighted by atomic mass is 19.1. The third kappa shape index (κ3) is 3.56. The number of nitrogens with zero attached hydrogens (tertiary/aromatic N) is 1. The fourth-order valence-corrected chi connectivity index (χ4v) is 4.71. The van der Waals surface area contributed by atoms with Crippen LogP contribution in [0.4, 0.5) is 9.18 Å². The molecule has 2 aromatic carbocycles. The number of likely N-dealkylation sites (tertiary alicyclic amines) is 1. The number of hydrogen-bond donors (Lipinski definition) is 2. The van der Waals surface area contributed by atoms with Crippen LogP contribution < -0.4 is 5.32 Å². The highest BCUT2D eigenvalue weighted by Crippen LogP contribution is 2.48. The van der Waals surface area contributed by atoms with Crippen molar-refractivity contribution >= 4 is 6.03 Å². The molecule has 1 aliphatic heterocycles. The van der Waals surface area contributed by atoms with Gasteiger partial charge in [-0.15, -0.1) is 0 Å². The molecule has 2 N–H and O–H groups in total. The van der Waals surface area contributed by atoms with Gasteiger partial charge >= 0.3 is 6.03 Å². The van der Waals surface area contributed by atoms with Crippen molar-refractivity contribution < 1.29 is 14.3 Å². The van der Waals surface area contributed by atoms with Gasteiger partial charge in [-0.25, -0.2) is 9.18 Å².